The number of hydrogen-bond acceptors (Lipinski definition) is 4. The van der Waals surface area contributed by atoms with Crippen LogP contribution in [-0.4, -0.2) is 16.3 Å². The molecule has 1 aromatic heterocycles. The van der Waals surface area contributed by atoms with Crippen LogP contribution in [-0.2, 0) is 6.18 Å². The number of phenolic OH excluding ortho intramolecular Hbond substituents is 1. The van der Waals surface area contributed by atoms with E-state index in [1.807, 2.05) is 0 Å². The molecule has 0 spiro atoms. The Bertz CT molecular complexity index is 592. The monoisotopic (exact) mass is 281 g/mol. The number of nitrogens with one attached hydrogen (secondary N) is 1. The summed E-state index contributed by atoms with van der Waals surface area (Å²) in [4.78, 5) is 3.61. The minimum atomic E-state index is -4.40. The van der Waals surface area contributed by atoms with Gasteiger partial charge in [0.25, 0.3) is 0 Å². The molecule has 0 fully saturated rings. The summed E-state index contributed by atoms with van der Waals surface area (Å²) in [5.41, 5.74) is 2.42. The van der Waals surface area contributed by atoms with Crippen molar-refractivity contribution in [2.75, 3.05) is 5.43 Å². The van der Waals surface area contributed by atoms with Gasteiger partial charge >= 0.3 is 6.18 Å². The molecule has 2 rings (SSSR count). The van der Waals surface area contributed by atoms with Crippen LogP contribution in [0.2, 0.25) is 0 Å². The van der Waals surface area contributed by atoms with E-state index >= 15 is 0 Å². The van der Waals surface area contributed by atoms with E-state index in [0.717, 1.165) is 17.8 Å². The molecular weight excluding hydrogens is 271 g/mol. The number of rotatable bonds is 3. The molecule has 104 valence electrons. The Hall–Kier alpha value is -2.57. The van der Waals surface area contributed by atoms with Gasteiger partial charge in [-0.05, 0) is 42.0 Å². The largest absolute Gasteiger partial charge is 0.508 e. The van der Waals surface area contributed by atoms with Gasteiger partial charge in [0.2, 0.25) is 0 Å². The molecule has 0 saturated carbocycles. The van der Waals surface area contributed by atoms with Crippen LogP contribution in [0.5, 0.6) is 5.75 Å². The summed E-state index contributed by atoms with van der Waals surface area (Å²) in [6.45, 7) is 0. The first-order chi connectivity index (χ1) is 9.45. The first-order valence-corrected chi connectivity index (χ1v) is 5.56. The lowest BCUT2D eigenvalue weighted by molar-refractivity contribution is -0.137. The van der Waals surface area contributed by atoms with Crippen LogP contribution in [0.1, 0.15) is 11.1 Å². The zero-order valence-corrected chi connectivity index (χ0v) is 10.1. The lowest BCUT2D eigenvalue weighted by atomic mass is 10.2. The fourth-order valence-corrected chi connectivity index (χ4v) is 1.36. The van der Waals surface area contributed by atoms with E-state index in [-0.39, 0.29) is 11.6 Å². The summed E-state index contributed by atoms with van der Waals surface area (Å²) in [6.07, 6.45) is -2.21. The van der Waals surface area contributed by atoms with E-state index in [4.69, 9.17) is 5.11 Å². The number of halogens is 3. The Morgan fingerprint density at radius 3 is 2.35 bits per heavy atom. The lowest BCUT2D eigenvalue weighted by Crippen LogP contribution is -2.05. The summed E-state index contributed by atoms with van der Waals surface area (Å²) < 4.78 is 36.9. The fraction of sp³-hybridized carbons (Fsp3) is 0.0769. The molecule has 1 heterocycles. The molecule has 0 atom stereocenters. The quantitative estimate of drug-likeness (QED) is 0.670. The zero-order valence-electron chi connectivity index (χ0n) is 10.1. The Balaban J connectivity index is 1.99. The van der Waals surface area contributed by atoms with E-state index in [1.165, 1.54) is 24.4 Å². The van der Waals surface area contributed by atoms with Gasteiger partial charge in [-0.3, -0.25) is 5.43 Å². The number of anilines is 1. The van der Waals surface area contributed by atoms with Gasteiger partial charge in [0, 0.05) is 6.20 Å². The Kier molecular flexibility index (Phi) is 3.88. The minimum Gasteiger partial charge on any atom is -0.508 e. The van der Waals surface area contributed by atoms with E-state index in [1.54, 1.807) is 12.1 Å². The first kappa shape index (κ1) is 13.9. The Morgan fingerprint density at radius 2 is 1.80 bits per heavy atom. The standard InChI is InChI=1S/C13H10F3N3O/c14-13(15,16)10-3-6-12(17-8-10)19-18-7-9-1-4-11(20)5-2-9/h1-8,20H,(H,17,19)/b18-7-. The van der Waals surface area contributed by atoms with E-state index < -0.39 is 11.7 Å². The Morgan fingerprint density at radius 1 is 1.10 bits per heavy atom. The molecule has 0 aliphatic heterocycles. The molecule has 4 nitrogen and oxygen atoms in total. The number of aromatic nitrogens is 1. The topological polar surface area (TPSA) is 57.5 Å². The summed E-state index contributed by atoms with van der Waals surface area (Å²) in [5.74, 6) is 0.340. The normalized spacial score (nSPS) is 11.8. The molecule has 7 heteroatoms. The van der Waals surface area contributed by atoms with Gasteiger partial charge in [0.05, 0.1) is 11.8 Å². The molecular formula is C13H10F3N3O. The van der Waals surface area contributed by atoms with E-state index in [9.17, 15) is 13.2 Å². The average molecular weight is 281 g/mol. The second-order valence-corrected chi connectivity index (χ2v) is 3.89. The van der Waals surface area contributed by atoms with Crippen molar-refractivity contribution in [1.82, 2.24) is 4.98 Å². The Labute approximate surface area is 112 Å². The molecule has 2 aromatic rings. The van der Waals surface area contributed by atoms with Crippen LogP contribution in [0.25, 0.3) is 0 Å². The predicted octanol–water partition coefficient (Wildman–Crippen LogP) is 3.25. The number of nitrogens with zero attached hydrogens (tertiary/aromatic N) is 2. The number of hydrogen-bond donors (Lipinski definition) is 2. The third-order valence-corrected chi connectivity index (χ3v) is 2.38. The van der Waals surface area contributed by atoms with E-state index in [2.05, 4.69) is 15.5 Å². The smallest absolute Gasteiger partial charge is 0.417 e. The van der Waals surface area contributed by atoms with Gasteiger partial charge < -0.3 is 5.11 Å². The van der Waals surface area contributed by atoms with Crippen LogP contribution in [0.4, 0.5) is 19.0 Å². The number of pyridine rings is 1. The van der Waals surface area contributed by atoms with Crippen molar-refractivity contribution in [3.8, 4) is 5.75 Å². The van der Waals surface area contributed by atoms with Gasteiger partial charge in [-0.1, -0.05) is 0 Å². The maximum absolute atomic E-state index is 12.3. The third kappa shape index (κ3) is 3.71. The van der Waals surface area contributed by atoms with Crippen molar-refractivity contribution >= 4 is 12.0 Å². The highest BCUT2D eigenvalue weighted by Crippen LogP contribution is 2.28. The van der Waals surface area contributed by atoms with Crippen LogP contribution in [0.15, 0.2) is 47.7 Å². The summed E-state index contributed by atoms with van der Waals surface area (Å²) >= 11 is 0. The molecule has 1 aromatic carbocycles. The third-order valence-electron chi connectivity index (χ3n) is 2.38. The molecule has 0 amide bonds. The molecule has 2 N–H and O–H groups in total. The second-order valence-electron chi connectivity index (χ2n) is 3.89. The number of benzene rings is 1. The minimum absolute atomic E-state index is 0.138. The van der Waals surface area contributed by atoms with Crippen molar-refractivity contribution in [2.24, 2.45) is 5.10 Å². The van der Waals surface area contributed by atoms with Gasteiger partial charge in [0.1, 0.15) is 11.6 Å². The molecule has 0 unspecified atom stereocenters. The predicted molar refractivity (Wildman–Crippen MR) is 68.6 cm³/mol. The van der Waals surface area contributed by atoms with Crippen LogP contribution >= 0.6 is 0 Å². The van der Waals surface area contributed by atoms with Crippen molar-refractivity contribution in [2.45, 2.75) is 6.18 Å². The molecule has 0 aliphatic rings. The summed E-state index contributed by atoms with van der Waals surface area (Å²) in [5, 5.41) is 12.9. The number of phenols is 1. The SMILES string of the molecule is Oc1ccc(/C=N\Nc2ccc(C(F)(F)F)cn2)cc1. The highest BCUT2D eigenvalue weighted by molar-refractivity contribution is 5.80. The molecule has 0 saturated heterocycles. The second kappa shape index (κ2) is 5.60. The maximum Gasteiger partial charge on any atom is 0.417 e. The summed E-state index contributed by atoms with van der Waals surface area (Å²) in [7, 11) is 0. The number of aromatic hydroxyl groups is 1. The highest BCUT2D eigenvalue weighted by Gasteiger charge is 2.30. The maximum atomic E-state index is 12.3. The van der Waals surface area contributed by atoms with Crippen molar-refractivity contribution < 1.29 is 18.3 Å². The van der Waals surface area contributed by atoms with Crippen molar-refractivity contribution in [3.05, 3.63) is 53.7 Å². The summed E-state index contributed by atoms with van der Waals surface area (Å²) in [6, 6.07) is 8.39. The number of alkyl halides is 3. The van der Waals surface area contributed by atoms with Crippen LogP contribution < -0.4 is 5.43 Å². The van der Waals surface area contributed by atoms with Crippen LogP contribution in [0, 0.1) is 0 Å². The highest BCUT2D eigenvalue weighted by atomic mass is 19.4. The molecule has 0 aliphatic carbocycles. The van der Waals surface area contributed by atoms with Gasteiger partial charge in [-0.2, -0.15) is 18.3 Å². The fourth-order valence-electron chi connectivity index (χ4n) is 1.36. The zero-order chi connectivity index (χ0) is 14.6. The van der Waals surface area contributed by atoms with Gasteiger partial charge in [-0.25, -0.2) is 4.98 Å². The molecule has 0 bridgehead atoms. The lowest BCUT2D eigenvalue weighted by Gasteiger charge is -2.06. The number of hydrazone groups is 1. The molecule has 0 radical (unpaired) electrons. The van der Waals surface area contributed by atoms with Crippen LogP contribution in [0.3, 0.4) is 0 Å². The van der Waals surface area contributed by atoms with Gasteiger partial charge in [0.15, 0.2) is 0 Å². The van der Waals surface area contributed by atoms with Crippen molar-refractivity contribution in [1.29, 1.82) is 0 Å². The van der Waals surface area contributed by atoms with Gasteiger partial charge in [-0.15, -0.1) is 0 Å². The first-order valence-electron chi connectivity index (χ1n) is 5.56. The van der Waals surface area contributed by atoms with E-state index in [0.29, 0.717) is 0 Å². The average Bonchev–Trinajstić information content (AvgIpc) is 2.41. The molecule has 20 heavy (non-hydrogen) atoms. The van der Waals surface area contributed by atoms with Crippen molar-refractivity contribution in [3.63, 3.8) is 0 Å².